The zero-order valence-corrected chi connectivity index (χ0v) is 15.6. The van der Waals surface area contributed by atoms with Crippen LogP contribution in [0.1, 0.15) is 31.1 Å². The number of ether oxygens (including phenoxy) is 1. The third kappa shape index (κ3) is 4.44. The molecule has 2 rings (SSSR count). The minimum atomic E-state index is -1.17. The Morgan fingerprint density at radius 3 is 2.50 bits per heavy atom. The van der Waals surface area contributed by atoms with Gasteiger partial charge in [0.05, 0.1) is 5.69 Å². The maximum Gasteiger partial charge on any atom is 0.420 e. The predicted octanol–water partition coefficient (Wildman–Crippen LogP) is 4.46. The van der Waals surface area contributed by atoms with Gasteiger partial charge in [-0.1, -0.05) is 6.07 Å². The number of anilines is 2. The average molecular weight is 440 g/mol. The van der Waals surface area contributed by atoms with E-state index in [9.17, 15) is 14.7 Å². The zero-order valence-electron chi connectivity index (χ0n) is 13.5. The second-order valence-electron chi connectivity index (χ2n) is 5.98. The van der Waals surface area contributed by atoms with E-state index >= 15 is 0 Å². The molecule has 0 saturated heterocycles. The van der Waals surface area contributed by atoms with Gasteiger partial charge < -0.3 is 9.84 Å². The molecular formula is C17H17IN2O4. The van der Waals surface area contributed by atoms with E-state index < -0.39 is 17.7 Å². The van der Waals surface area contributed by atoms with Crippen molar-refractivity contribution in [1.82, 2.24) is 4.98 Å². The fraction of sp³-hybridized carbons (Fsp3) is 0.235. The van der Waals surface area contributed by atoms with Crippen LogP contribution in [0.15, 0.2) is 42.6 Å². The summed E-state index contributed by atoms with van der Waals surface area (Å²) in [6.45, 7) is 5.23. The highest BCUT2D eigenvalue weighted by Crippen LogP contribution is 2.29. The summed E-state index contributed by atoms with van der Waals surface area (Å²) in [6.07, 6.45) is 0.748. The lowest BCUT2D eigenvalue weighted by Crippen LogP contribution is -2.35. The van der Waals surface area contributed by atoms with Crippen LogP contribution in [0.3, 0.4) is 0 Å². The van der Waals surface area contributed by atoms with Crippen molar-refractivity contribution < 1.29 is 19.4 Å². The summed E-state index contributed by atoms with van der Waals surface area (Å²) < 4.78 is 6.33. The SMILES string of the molecule is CC(C)(C)OC(=O)N(c1cccc(I)c1)c1ncccc1C(=O)O. The Balaban J connectivity index is 2.60. The van der Waals surface area contributed by atoms with Gasteiger partial charge in [0.25, 0.3) is 0 Å². The fourth-order valence-corrected chi connectivity index (χ4v) is 2.51. The first-order chi connectivity index (χ1) is 11.2. The molecule has 0 bridgehead atoms. The van der Waals surface area contributed by atoms with Crippen molar-refractivity contribution in [1.29, 1.82) is 0 Å². The van der Waals surface area contributed by atoms with Crippen LogP contribution in [0.25, 0.3) is 0 Å². The first kappa shape index (κ1) is 18.2. The van der Waals surface area contributed by atoms with Gasteiger partial charge in [0.2, 0.25) is 0 Å². The minimum absolute atomic E-state index is 0.0150. The largest absolute Gasteiger partial charge is 0.478 e. The highest BCUT2D eigenvalue weighted by molar-refractivity contribution is 14.1. The number of hydrogen-bond acceptors (Lipinski definition) is 4. The smallest absolute Gasteiger partial charge is 0.420 e. The molecule has 6 nitrogen and oxygen atoms in total. The summed E-state index contributed by atoms with van der Waals surface area (Å²) in [7, 11) is 0. The monoisotopic (exact) mass is 440 g/mol. The maximum absolute atomic E-state index is 12.7. The quantitative estimate of drug-likeness (QED) is 0.714. The van der Waals surface area contributed by atoms with Crippen molar-refractivity contribution in [3.8, 4) is 0 Å². The first-order valence-corrected chi connectivity index (χ1v) is 8.24. The summed E-state index contributed by atoms with van der Waals surface area (Å²) in [5, 5.41) is 9.41. The maximum atomic E-state index is 12.7. The van der Waals surface area contributed by atoms with Gasteiger partial charge in [0.15, 0.2) is 5.82 Å². The van der Waals surface area contributed by atoms with E-state index in [4.69, 9.17) is 4.74 Å². The van der Waals surface area contributed by atoms with Gasteiger partial charge in [-0.25, -0.2) is 19.5 Å². The molecule has 0 fully saturated rings. The summed E-state index contributed by atoms with van der Waals surface area (Å²) in [5.41, 5.74) is -0.324. The molecule has 7 heteroatoms. The van der Waals surface area contributed by atoms with Crippen molar-refractivity contribution in [2.75, 3.05) is 4.90 Å². The van der Waals surface area contributed by atoms with Crippen LogP contribution in [-0.4, -0.2) is 27.8 Å². The molecule has 0 radical (unpaired) electrons. The van der Waals surface area contributed by atoms with E-state index in [2.05, 4.69) is 27.6 Å². The molecular weight excluding hydrogens is 423 g/mol. The number of carboxylic acids is 1. The van der Waals surface area contributed by atoms with E-state index in [1.54, 1.807) is 39.0 Å². The number of nitrogens with zero attached hydrogens (tertiary/aromatic N) is 2. The summed E-state index contributed by atoms with van der Waals surface area (Å²) in [5.74, 6) is -1.15. The lowest BCUT2D eigenvalue weighted by atomic mass is 10.2. The summed E-state index contributed by atoms with van der Waals surface area (Å²) in [4.78, 5) is 29.5. The molecule has 24 heavy (non-hydrogen) atoms. The molecule has 1 aromatic heterocycles. The molecule has 0 atom stereocenters. The highest BCUT2D eigenvalue weighted by atomic mass is 127. The summed E-state index contributed by atoms with van der Waals surface area (Å²) >= 11 is 2.12. The number of aromatic nitrogens is 1. The van der Waals surface area contributed by atoms with Crippen LogP contribution in [0, 0.1) is 3.57 Å². The van der Waals surface area contributed by atoms with Crippen molar-refractivity contribution in [2.24, 2.45) is 0 Å². The number of carbonyl (C=O) groups excluding carboxylic acids is 1. The van der Waals surface area contributed by atoms with E-state index in [1.807, 2.05) is 6.07 Å². The number of amides is 1. The summed E-state index contributed by atoms with van der Waals surface area (Å²) in [6, 6.07) is 10.0. The highest BCUT2D eigenvalue weighted by Gasteiger charge is 2.29. The fourth-order valence-electron chi connectivity index (χ4n) is 1.98. The molecule has 1 aromatic carbocycles. The number of hydrogen-bond donors (Lipinski definition) is 1. The Morgan fingerprint density at radius 1 is 1.21 bits per heavy atom. The number of benzene rings is 1. The van der Waals surface area contributed by atoms with Crippen LogP contribution < -0.4 is 4.90 Å². The standard InChI is InChI=1S/C17H17IN2O4/c1-17(2,3)24-16(23)20(12-7-4-6-11(18)10-12)14-13(15(21)22)8-5-9-19-14/h4-10H,1-3H3,(H,21,22). The molecule has 0 spiro atoms. The van der Waals surface area contributed by atoms with Gasteiger partial charge in [-0.05, 0) is 73.7 Å². The molecule has 126 valence electrons. The number of rotatable bonds is 3. The molecule has 0 aliphatic heterocycles. The Hall–Kier alpha value is -2.16. The van der Waals surface area contributed by atoms with E-state index in [0.29, 0.717) is 5.69 Å². The van der Waals surface area contributed by atoms with Crippen LogP contribution >= 0.6 is 22.6 Å². The third-order valence-corrected chi connectivity index (χ3v) is 3.54. The topological polar surface area (TPSA) is 79.7 Å². The number of aromatic carboxylic acids is 1. The Morgan fingerprint density at radius 2 is 1.92 bits per heavy atom. The van der Waals surface area contributed by atoms with Gasteiger partial charge in [-0.3, -0.25) is 0 Å². The van der Waals surface area contributed by atoms with Gasteiger partial charge in [0, 0.05) is 9.77 Å². The van der Waals surface area contributed by atoms with Crippen molar-refractivity contribution in [3.05, 3.63) is 51.7 Å². The van der Waals surface area contributed by atoms with E-state index in [-0.39, 0.29) is 11.4 Å². The molecule has 1 N–H and O–H groups in total. The van der Waals surface area contributed by atoms with Gasteiger partial charge in [-0.2, -0.15) is 0 Å². The molecule has 0 aliphatic rings. The van der Waals surface area contributed by atoms with Crippen LogP contribution in [0.2, 0.25) is 0 Å². The van der Waals surface area contributed by atoms with Gasteiger partial charge in [0.1, 0.15) is 11.2 Å². The zero-order chi connectivity index (χ0) is 17.9. The van der Waals surface area contributed by atoms with Gasteiger partial charge in [-0.15, -0.1) is 0 Å². The minimum Gasteiger partial charge on any atom is -0.478 e. The first-order valence-electron chi connectivity index (χ1n) is 7.16. The Labute approximate surface area is 153 Å². The number of halogens is 1. The Kier molecular flexibility index (Phi) is 5.43. The van der Waals surface area contributed by atoms with Gasteiger partial charge >= 0.3 is 12.1 Å². The molecule has 0 saturated carbocycles. The average Bonchev–Trinajstić information content (AvgIpc) is 2.46. The van der Waals surface area contributed by atoms with Crippen molar-refractivity contribution in [2.45, 2.75) is 26.4 Å². The van der Waals surface area contributed by atoms with Crippen LogP contribution in [-0.2, 0) is 4.74 Å². The number of carbonyl (C=O) groups is 2. The number of carboxylic acid groups (broad SMARTS) is 1. The molecule has 1 heterocycles. The van der Waals surface area contributed by atoms with E-state index in [0.717, 1.165) is 3.57 Å². The molecule has 0 aliphatic carbocycles. The third-order valence-electron chi connectivity index (χ3n) is 2.87. The van der Waals surface area contributed by atoms with Crippen LogP contribution in [0.4, 0.5) is 16.3 Å². The lowest BCUT2D eigenvalue weighted by molar-refractivity contribution is 0.0598. The molecule has 2 aromatic rings. The molecule has 0 unspecified atom stereocenters. The van der Waals surface area contributed by atoms with Crippen molar-refractivity contribution in [3.63, 3.8) is 0 Å². The normalized spacial score (nSPS) is 11.0. The number of pyridine rings is 1. The van der Waals surface area contributed by atoms with Crippen molar-refractivity contribution >= 4 is 46.2 Å². The lowest BCUT2D eigenvalue weighted by Gasteiger charge is -2.27. The predicted molar refractivity (Wildman–Crippen MR) is 98.7 cm³/mol. The van der Waals surface area contributed by atoms with E-state index in [1.165, 1.54) is 23.2 Å². The second-order valence-corrected chi connectivity index (χ2v) is 7.22. The van der Waals surface area contributed by atoms with Crippen LogP contribution in [0.5, 0.6) is 0 Å². The Bertz CT molecular complexity index is 771. The molecule has 1 amide bonds. The second kappa shape index (κ2) is 7.16.